The lowest BCUT2D eigenvalue weighted by atomic mass is 9.96. The third kappa shape index (κ3) is 2.69. The minimum absolute atomic E-state index is 0.187. The van der Waals surface area contributed by atoms with Gasteiger partial charge < -0.3 is 4.74 Å². The summed E-state index contributed by atoms with van der Waals surface area (Å²) >= 11 is 0. The number of carbonyl (C=O) groups is 1. The molecule has 0 bridgehead atoms. The van der Waals surface area contributed by atoms with Crippen molar-refractivity contribution in [3.8, 4) is 0 Å². The average molecular weight is 254 g/mol. The number of hydrogen-bond donors (Lipinski definition) is 0. The lowest BCUT2D eigenvalue weighted by molar-refractivity contribution is -0.132. The number of ketones is 1. The number of Topliss-reactive ketones (excluding diaryl/α,β-unsaturated/α-hetero) is 1. The van der Waals surface area contributed by atoms with Crippen LogP contribution in [0.4, 0.5) is 0 Å². The zero-order chi connectivity index (χ0) is 13.1. The number of ether oxygens (including phenoxy) is 1. The van der Waals surface area contributed by atoms with Crippen molar-refractivity contribution >= 4 is 16.6 Å². The molecule has 1 unspecified atom stereocenters. The van der Waals surface area contributed by atoms with Gasteiger partial charge in [-0.15, -0.1) is 0 Å². The van der Waals surface area contributed by atoms with Gasteiger partial charge in [0.15, 0.2) is 5.78 Å². The van der Waals surface area contributed by atoms with Gasteiger partial charge in [-0.3, -0.25) is 4.79 Å². The molecule has 1 aliphatic rings. The Morgan fingerprint density at radius 2 is 1.95 bits per heavy atom. The molecule has 0 spiro atoms. The van der Waals surface area contributed by atoms with E-state index in [1.54, 1.807) is 0 Å². The van der Waals surface area contributed by atoms with Crippen molar-refractivity contribution in [1.82, 2.24) is 0 Å². The molecule has 1 atom stereocenters. The fourth-order valence-electron chi connectivity index (χ4n) is 2.74. The van der Waals surface area contributed by atoms with Gasteiger partial charge in [0.05, 0.1) is 0 Å². The van der Waals surface area contributed by atoms with Crippen LogP contribution in [0.1, 0.15) is 24.8 Å². The van der Waals surface area contributed by atoms with Gasteiger partial charge in [-0.05, 0) is 35.6 Å². The molecule has 2 heteroatoms. The van der Waals surface area contributed by atoms with Crippen molar-refractivity contribution in [3.63, 3.8) is 0 Å². The van der Waals surface area contributed by atoms with Crippen LogP contribution in [0.3, 0.4) is 0 Å². The predicted molar refractivity (Wildman–Crippen MR) is 76.3 cm³/mol. The zero-order valence-electron chi connectivity index (χ0n) is 11.0. The Labute approximate surface area is 113 Å². The van der Waals surface area contributed by atoms with Crippen molar-refractivity contribution < 1.29 is 9.53 Å². The second-order valence-corrected chi connectivity index (χ2v) is 5.14. The average Bonchev–Trinajstić information content (AvgIpc) is 2.48. The highest BCUT2D eigenvalue weighted by Gasteiger charge is 2.22. The van der Waals surface area contributed by atoms with E-state index in [1.807, 2.05) is 24.3 Å². The lowest BCUT2D eigenvalue weighted by Crippen LogP contribution is -2.29. The molecular weight excluding hydrogens is 236 g/mol. The van der Waals surface area contributed by atoms with Gasteiger partial charge in [0.2, 0.25) is 0 Å². The fourth-order valence-corrected chi connectivity index (χ4v) is 2.74. The molecule has 19 heavy (non-hydrogen) atoms. The molecule has 2 nitrogen and oxygen atoms in total. The summed E-state index contributed by atoms with van der Waals surface area (Å²) in [4.78, 5) is 12.3. The quantitative estimate of drug-likeness (QED) is 0.837. The molecule has 3 rings (SSSR count). The van der Waals surface area contributed by atoms with Crippen molar-refractivity contribution in [1.29, 1.82) is 0 Å². The maximum atomic E-state index is 12.3. The Kier molecular flexibility index (Phi) is 3.60. The number of hydrogen-bond acceptors (Lipinski definition) is 2. The van der Waals surface area contributed by atoms with Gasteiger partial charge in [0.1, 0.15) is 6.10 Å². The van der Waals surface area contributed by atoms with Gasteiger partial charge in [-0.2, -0.15) is 0 Å². The molecule has 1 saturated heterocycles. The normalized spacial score (nSPS) is 19.5. The van der Waals surface area contributed by atoms with Gasteiger partial charge in [0, 0.05) is 13.0 Å². The predicted octanol–water partition coefficient (Wildman–Crippen LogP) is 3.52. The molecule has 0 amide bonds. The molecule has 0 radical (unpaired) electrons. The van der Waals surface area contributed by atoms with Crippen molar-refractivity contribution in [2.75, 3.05) is 6.61 Å². The van der Waals surface area contributed by atoms with Crippen LogP contribution < -0.4 is 0 Å². The number of fused-ring (bicyclic) bond motifs is 1. The zero-order valence-corrected chi connectivity index (χ0v) is 11.0. The smallest absolute Gasteiger partial charge is 0.165 e. The van der Waals surface area contributed by atoms with E-state index in [-0.39, 0.29) is 11.9 Å². The Morgan fingerprint density at radius 1 is 1.11 bits per heavy atom. The van der Waals surface area contributed by atoms with Crippen LogP contribution in [0, 0.1) is 0 Å². The van der Waals surface area contributed by atoms with Crippen LogP contribution in [0.5, 0.6) is 0 Å². The molecule has 1 aliphatic heterocycles. The van der Waals surface area contributed by atoms with Crippen LogP contribution in [0.2, 0.25) is 0 Å². The first-order valence-corrected chi connectivity index (χ1v) is 6.95. The summed E-state index contributed by atoms with van der Waals surface area (Å²) in [7, 11) is 0. The molecule has 0 aromatic heterocycles. The largest absolute Gasteiger partial charge is 0.370 e. The van der Waals surface area contributed by atoms with Gasteiger partial charge in [-0.1, -0.05) is 42.5 Å². The van der Waals surface area contributed by atoms with E-state index in [2.05, 4.69) is 18.2 Å². The SMILES string of the molecule is O=C(Cc1cccc2ccccc12)C1CCCCO1. The van der Waals surface area contributed by atoms with Crippen LogP contribution in [-0.2, 0) is 16.0 Å². The molecule has 0 aliphatic carbocycles. The maximum absolute atomic E-state index is 12.3. The summed E-state index contributed by atoms with van der Waals surface area (Å²) in [5.74, 6) is 0.219. The van der Waals surface area contributed by atoms with Crippen LogP contribution in [0.15, 0.2) is 42.5 Å². The third-order valence-electron chi connectivity index (χ3n) is 3.78. The van der Waals surface area contributed by atoms with Crippen molar-refractivity contribution in [2.45, 2.75) is 31.8 Å². The van der Waals surface area contributed by atoms with Gasteiger partial charge in [0.25, 0.3) is 0 Å². The van der Waals surface area contributed by atoms with E-state index < -0.39 is 0 Å². The standard InChI is InChI=1S/C17H18O2/c18-16(17-10-3-4-11-19-17)12-14-8-5-7-13-6-1-2-9-15(13)14/h1-2,5-9,17H,3-4,10-12H2. The monoisotopic (exact) mass is 254 g/mol. The summed E-state index contributed by atoms with van der Waals surface area (Å²) < 4.78 is 5.57. The molecule has 98 valence electrons. The lowest BCUT2D eigenvalue weighted by Gasteiger charge is -2.21. The fraction of sp³-hybridized carbons (Fsp3) is 0.353. The van der Waals surface area contributed by atoms with Crippen LogP contribution >= 0.6 is 0 Å². The summed E-state index contributed by atoms with van der Waals surface area (Å²) in [6, 6.07) is 14.4. The first-order chi connectivity index (χ1) is 9.34. The van der Waals surface area contributed by atoms with E-state index in [4.69, 9.17) is 4.74 Å². The van der Waals surface area contributed by atoms with E-state index in [0.717, 1.165) is 31.4 Å². The number of benzene rings is 2. The van der Waals surface area contributed by atoms with Gasteiger partial charge in [-0.25, -0.2) is 0 Å². The summed E-state index contributed by atoms with van der Waals surface area (Å²) in [6.45, 7) is 0.728. The summed E-state index contributed by atoms with van der Waals surface area (Å²) in [5, 5.41) is 2.37. The minimum atomic E-state index is -0.187. The highest BCUT2D eigenvalue weighted by molar-refractivity contribution is 5.92. The molecule has 2 aromatic rings. The van der Waals surface area contributed by atoms with Crippen LogP contribution in [-0.4, -0.2) is 18.5 Å². The Hall–Kier alpha value is -1.67. The molecular formula is C17H18O2. The molecule has 2 aromatic carbocycles. The first-order valence-electron chi connectivity index (χ1n) is 6.95. The van der Waals surface area contributed by atoms with E-state index in [9.17, 15) is 4.79 Å². The summed E-state index contributed by atoms with van der Waals surface area (Å²) in [6.07, 6.45) is 3.35. The van der Waals surface area contributed by atoms with Crippen LogP contribution in [0.25, 0.3) is 10.8 Å². The van der Waals surface area contributed by atoms with E-state index in [0.29, 0.717) is 6.42 Å². The Balaban J connectivity index is 1.82. The third-order valence-corrected chi connectivity index (χ3v) is 3.78. The second-order valence-electron chi connectivity index (χ2n) is 5.14. The highest BCUT2D eigenvalue weighted by atomic mass is 16.5. The number of carbonyl (C=O) groups excluding carboxylic acids is 1. The van der Waals surface area contributed by atoms with Gasteiger partial charge >= 0.3 is 0 Å². The molecule has 0 saturated carbocycles. The topological polar surface area (TPSA) is 26.3 Å². The second kappa shape index (κ2) is 5.54. The van der Waals surface area contributed by atoms with E-state index in [1.165, 1.54) is 10.8 Å². The Bertz CT molecular complexity index is 577. The first kappa shape index (κ1) is 12.4. The van der Waals surface area contributed by atoms with Crippen molar-refractivity contribution in [2.24, 2.45) is 0 Å². The maximum Gasteiger partial charge on any atom is 0.165 e. The number of rotatable bonds is 3. The minimum Gasteiger partial charge on any atom is -0.370 e. The molecule has 1 heterocycles. The Morgan fingerprint density at radius 3 is 2.79 bits per heavy atom. The van der Waals surface area contributed by atoms with E-state index >= 15 is 0 Å². The van der Waals surface area contributed by atoms with Crippen molar-refractivity contribution in [3.05, 3.63) is 48.0 Å². The molecule has 1 fully saturated rings. The highest BCUT2D eigenvalue weighted by Crippen LogP contribution is 2.21. The summed E-state index contributed by atoms with van der Waals surface area (Å²) in [5.41, 5.74) is 1.11. The molecule has 0 N–H and O–H groups in total.